The number of hydrogen-bond acceptors (Lipinski definition) is 2. The number of nitrogens with one attached hydrogen (secondary N) is 1. The van der Waals surface area contributed by atoms with E-state index in [1.54, 1.807) is 18.2 Å². The van der Waals surface area contributed by atoms with Crippen LogP contribution in [0.3, 0.4) is 0 Å². The van der Waals surface area contributed by atoms with E-state index in [1.165, 1.54) is 18.4 Å². The monoisotopic (exact) mass is 307 g/mol. The molecule has 2 aromatic carbocycles. The van der Waals surface area contributed by atoms with Gasteiger partial charge in [-0.1, -0.05) is 35.3 Å². The lowest BCUT2D eigenvalue weighted by molar-refractivity contribution is 0.482. The Labute approximate surface area is 128 Å². The molecule has 0 spiro atoms. The van der Waals surface area contributed by atoms with Crippen LogP contribution >= 0.6 is 23.2 Å². The normalized spacial score (nSPS) is 14.3. The summed E-state index contributed by atoms with van der Waals surface area (Å²) in [5, 5.41) is 4.59. The zero-order valence-corrected chi connectivity index (χ0v) is 12.4. The topological polar surface area (TPSA) is 21.3 Å². The van der Waals surface area contributed by atoms with Crippen molar-refractivity contribution in [2.75, 3.05) is 0 Å². The van der Waals surface area contributed by atoms with Gasteiger partial charge in [0.1, 0.15) is 11.5 Å². The van der Waals surface area contributed by atoms with E-state index in [0.717, 1.165) is 18.3 Å². The molecule has 1 aliphatic carbocycles. The molecule has 0 radical (unpaired) electrons. The standard InChI is InChI=1S/C16H15Cl2NO/c17-12-3-8-16(15(18)9-12)20-14-6-1-11(2-7-14)10-19-13-4-5-13/h1-3,6-9,13,19H,4-5,10H2. The largest absolute Gasteiger partial charge is 0.456 e. The van der Waals surface area contributed by atoms with Crippen molar-refractivity contribution in [3.63, 3.8) is 0 Å². The molecular weight excluding hydrogens is 293 g/mol. The fraction of sp³-hybridized carbons (Fsp3) is 0.250. The van der Waals surface area contributed by atoms with E-state index >= 15 is 0 Å². The van der Waals surface area contributed by atoms with Gasteiger partial charge in [-0.15, -0.1) is 0 Å². The quantitative estimate of drug-likeness (QED) is 0.835. The number of ether oxygens (including phenoxy) is 1. The Hall–Kier alpha value is -1.22. The van der Waals surface area contributed by atoms with Gasteiger partial charge in [-0.05, 0) is 48.7 Å². The fourth-order valence-electron chi connectivity index (χ4n) is 1.91. The molecule has 2 aromatic rings. The highest BCUT2D eigenvalue weighted by molar-refractivity contribution is 6.35. The van der Waals surface area contributed by atoms with Gasteiger partial charge in [0.15, 0.2) is 0 Å². The molecule has 0 atom stereocenters. The molecule has 1 fully saturated rings. The van der Waals surface area contributed by atoms with Crippen molar-refractivity contribution in [2.24, 2.45) is 0 Å². The summed E-state index contributed by atoms with van der Waals surface area (Å²) in [6, 6.07) is 14.0. The van der Waals surface area contributed by atoms with Crippen molar-refractivity contribution in [3.8, 4) is 11.5 Å². The first-order valence-electron chi connectivity index (χ1n) is 6.66. The van der Waals surface area contributed by atoms with Gasteiger partial charge in [-0.3, -0.25) is 0 Å². The highest BCUT2D eigenvalue weighted by Gasteiger charge is 2.19. The predicted octanol–water partition coefficient (Wildman–Crippen LogP) is 5.04. The average Bonchev–Trinajstić information content (AvgIpc) is 3.25. The van der Waals surface area contributed by atoms with Crippen LogP contribution in [-0.2, 0) is 6.54 Å². The first kappa shape index (κ1) is 13.7. The Balaban J connectivity index is 1.64. The zero-order chi connectivity index (χ0) is 13.9. The highest BCUT2D eigenvalue weighted by Crippen LogP contribution is 2.31. The minimum atomic E-state index is 0.511. The van der Waals surface area contributed by atoms with E-state index in [1.807, 2.05) is 12.1 Å². The van der Waals surface area contributed by atoms with E-state index in [2.05, 4.69) is 17.4 Å². The minimum absolute atomic E-state index is 0.511. The van der Waals surface area contributed by atoms with Crippen molar-refractivity contribution < 1.29 is 4.74 Å². The van der Waals surface area contributed by atoms with Crippen molar-refractivity contribution >= 4 is 23.2 Å². The van der Waals surface area contributed by atoms with Crippen LogP contribution < -0.4 is 10.1 Å². The van der Waals surface area contributed by atoms with Crippen molar-refractivity contribution in [2.45, 2.75) is 25.4 Å². The van der Waals surface area contributed by atoms with Crippen LogP contribution in [0.15, 0.2) is 42.5 Å². The van der Waals surface area contributed by atoms with Gasteiger partial charge in [0.2, 0.25) is 0 Å². The third kappa shape index (κ3) is 3.66. The molecule has 0 bridgehead atoms. The molecule has 20 heavy (non-hydrogen) atoms. The molecule has 1 aliphatic rings. The molecule has 0 heterocycles. The van der Waals surface area contributed by atoms with Crippen molar-refractivity contribution in [3.05, 3.63) is 58.1 Å². The van der Waals surface area contributed by atoms with Crippen LogP contribution in [-0.4, -0.2) is 6.04 Å². The number of benzene rings is 2. The van der Waals surface area contributed by atoms with E-state index in [-0.39, 0.29) is 0 Å². The summed E-state index contributed by atoms with van der Waals surface area (Å²) in [5.74, 6) is 1.38. The molecule has 104 valence electrons. The van der Waals surface area contributed by atoms with Crippen molar-refractivity contribution in [1.82, 2.24) is 5.32 Å². The van der Waals surface area contributed by atoms with E-state index in [4.69, 9.17) is 27.9 Å². The van der Waals surface area contributed by atoms with E-state index in [9.17, 15) is 0 Å². The lowest BCUT2D eigenvalue weighted by atomic mass is 10.2. The molecule has 1 saturated carbocycles. The summed E-state index contributed by atoms with van der Waals surface area (Å²) >= 11 is 11.9. The highest BCUT2D eigenvalue weighted by atomic mass is 35.5. The SMILES string of the molecule is Clc1ccc(Oc2ccc(CNC3CC3)cc2)c(Cl)c1. The average molecular weight is 308 g/mol. The van der Waals surface area contributed by atoms with Crippen LogP contribution in [0.5, 0.6) is 11.5 Å². The van der Waals surface area contributed by atoms with Gasteiger partial charge in [0, 0.05) is 17.6 Å². The van der Waals surface area contributed by atoms with Crippen molar-refractivity contribution in [1.29, 1.82) is 0 Å². The zero-order valence-electron chi connectivity index (χ0n) is 10.9. The molecule has 2 nitrogen and oxygen atoms in total. The molecule has 0 aliphatic heterocycles. The molecular formula is C16H15Cl2NO. The van der Waals surface area contributed by atoms with Crippen LogP contribution in [0.4, 0.5) is 0 Å². The maximum Gasteiger partial charge on any atom is 0.146 e. The summed E-state index contributed by atoms with van der Waals surface area (Å²) in [7, 11) is 0. The summed E-state index contributed by atoms with van der Waals surface area (Å²) < 4.78 is 5.75. The van der Waals surface area contributed by atoms with Crippen LogP contribution in [0.2, 0.25) is 10.0 Å². The lowest BCUT2D eigenvalue weighted by Gasteiger charge is -2.09. The van der Waals surface area contributed by atoms with Crippen LogP contribution in [0.1, 0.15) is 18.4 Å². The Morgan fingerprint density at radius 1 is 1.05 bits per heavy atom. The molecule has 0 unspecified atom stereocenters. The molecule has 1 N–H and O–H groups in total. The Morgan fingerprint density at radius 2 is 1.80 bits per heavy atom. The second-order valence-corrected chi connectivity index (χ2v) is 5.82. The molecule has 0 aromatic heterocycles. The first-order chi connectivity index (χ1) is 9.70. The van der Waals surface area contributed by atoms with Gasteiger partial charge in [0.05, 0.1) is 5.02 Å². The van der Waals surface area contributed by atoms with E-state index < -0.39 is 0 Å². The number of hydrogen-bond donors (Lipinski definition) is 1. The number of rotatable bonds is 5. The summed E-state index contributed by atoms with van der Waals surface area (Å²) in [6.45, 7) is 0.909. The third-order valence-corrected chi connectivity index (χ3v) is 3.75. The van der Waals surface area contributed by atoms with Gasteiger partial charge >= 0.3 is 0 Å². The molecule has 3 rings (SSSR count). The Morgan fingerprint density at radius 3 is 2.45 bits per heavy atom. The maximum absolute atomic E-state index is 6.08. The Kier molecular flexibility index (Phi) is 4.16. The smallest absolute Gasteiger partial charge is 0.146 e. The van der Waals surface area contributed by atoms with Gasteiger partial charge in [0.25, 0.3) is 0 Å². The predicted molar refractivity (Wildman–Crippen MR) is 82.8 cm³/mol. The fourth-order valence-corrected chi connectivity index (χ4v) is 2.36. The second-order valence-electron chi connectivity index (χ2n) is 4.98. The Bertz CT molecular complexity index is 594. The van der Waals surface area contributed by atoms with E-state index in [0.29, 0.717) is 15.8 Å². The summed E-state index contributed by atoms with van der Waals surface area (Å²) in [5.41, 5.74) is 1.26. The van der Waals surface area contributed by atoms with Crippen LogP contribution in [0, 0.1) is 0 Å². The lowest BCUT2D eigenvalue weighted by Crippen LogP contribution is -2.14. The molecule has 0 saturated heterocycles. The molecule has 0 amide bonds. The van der Waals surface area contributed by atoms with Gasteiger partial charge in [-0.2, -0.15) is 0 Å². The maximum atomic E-state index is 6.08. The summed E-state index contributed by atoms with van der Waals surface area (Å²) in [4.78, 5) is 0. The number of halogens is 2. The summed E-state index contributed by atoms with van der Waals surface area (Å²) in [6.07, 6.45) is 2.60. The third-order valence-electron chi connectivity index (χ3n) is 3.22. The minimum Gasteiger partial charge on any atom is -0.456 e. The first-order valence-corrected chi connectivity index (χ1v) is 7.41. The molecule has 4 heteroatoms. The van der Waals surface area contributed by atoms with Gasteiger partial charge in [-0.25, -0.2) is 0 Å². The van der Waals surface area contributed by atoms with Crippen LogP contribution in [0.25, 0.3) is 0 Å². The van der Waals surface area contributed by atoms with Gasteiger partial charge < -0.3 is 10.1 Å². The second kappa shape index (κ2) is 6.04.